The molecular formula is C25H29N3O6. The van der Waals surface area contributed by atoms with E-state index in [4.69, 9.17) is 14.2 Å². The largest absolute Gasteiger partial charge is 0.497 e. The van der Waals surface area contributed by atoms with E-state index in [0.717, 1.165) is 11.3 Å². The lowest BCUT2D eigenvalue weighted by Crippen LogP contribution is -2.42. The van der Waals surface area contributed by atoms with Crippen molar-refractivity contribution in [2.45, 2.75) is 13.0 Å². The first-order valence-electron chi connectivity index (χ1n) is 11.3. The third-order valence-electron chi connectivity index (χ3n) is 6.00. The Morgan fingerprint density at radius 3 is 2.38 bits per heavy atom. The maximum Gasteiger partial charge on any atom is 0.260 e. The second-order valence-corrected chi connectivity index (χ2v) is 8.25. The molecule has 2 aliphatic rings. The highest BCUT2D eigenvalue weighted by Gasteiger charge is 2.35. The molecule has 3 amide bonds. The Labute approximate surface area is 198 Å². The summed E-state index contributed by atoms with van der Waals surface area (Å²) >= 11 is 0. The van der Waals surface area contributed by atoms with Crippen LogP contribution in [-0.4, -0.2) is 69.2 Å². The second-order valence-electron chi connectivity index (χ2n) is 8.25. The number of hydrogen-bond donors (Lipinski definition) is 1. The number of carbonyl (C=O) groups excluding carboxylic acids is 3. The lowest BCUT2D eigenvalue weighted by molar-refractivity contribution is -0.137. The zero-order valence-corrected chi connectivity index (χ0v) is 19.2. The minimum Gasteiger partial charge on any atom is -0.497 e. The number of nitrogens with zero attached hydrogens (tertiary/aromatic N) is 2. The van der Waals surface area contributed by atoms with Crippen LogP contribution in [0.4, 0.5) is 5.69 Å². The summed E-state index contributed by atoms with van der Waals surface area (Å²) in [5, 5.41) is 2.91. The van der Waals surface area contributed by atoms with E-state index in [1.54, 1.807) is 41.2 Å². The van der Waals surface area contributed by atoms with Gasteiger partial charge in [-0.05, 0) is 42.0 Å². The molecule has 0 aliphatic carbocycles. The van der Waals surface area contributed by atoms with Gasteiger partial charge in [-0.3, -0.25) is 14.4 Å². The molecule has 1 N–H and O–H groups in total. The van der Waals surface area contributed by atoms with Crippen LogP contribution < -0.4 is 19.7 Å². The number of nitrogens with one attached hydrogen (secondary N) is 1. The Morgan fingerprint density at radius 2 is 1.71 bits per heavy atom. The Hall–Kier alpha value is -3.59. The maximum absolute atomic E-state index is 12.6. The number of ether oxygens (including phenoxy) is 3. The fourth-order valence-electron chi connectivity index (χ4n) is 3.98. The molecule has 2 aliphatic heterocycles. The third kappa shape index (κ3) is 5.85. The van der Waals surface area contributed by atoms with Gasteiger partial charge in [0.05, 0.1) is 26.2 Å². The van der Waals surface area contributed by atoms with Crippen molar-refractivity contribution in [2.24, 2.45) is 5.92 Å². The second kappa shape index (κ2) is 11.0. The average Bonchev–Trinajstić information content (AvgIpc) is 3.28. The molecule has 0 spiro atoms. The summed E-state index contributed by atoms with van der Waals surface area (Å²) in [7, 11) is 1.61. The van der Waals surface area contributed by atoms with Crippen LogP contribution in [-0.2, 0) is 25.7 Å². The Kier molecular flexibility index (Phi) is 7.64. The van der Waals surface area contributed by atoms with E-state index in [9.17, 15) is 14.4 Å². The Bertz CT molecular complexity index is 1000. The van der Waals surface area contributed by atoms with E-state index in [0.29, 0.717) is 50.8 Å². The molecule has 2 aromatic carbocycles. The van der Waals surface area contributed by atoms with Crippen molar-refractivity contribution in [1.82, 2.24) is 10.2 Å². The molecular weight excluding hydrogens is 438 g/mol. The summed E-state index contributed by atoms with van der Waals surface area (Å²) in [6.07, 6.45) is 0.167. The van der Waals surface area contributed by atoms with Crippen LogP contribution in [0.15, 0.2) is 48.5 Å². The predicted octanol–water partition coefficient (Wildman–Crippen LogP) is 1.60. The number of morpholine rings is 1. The van der Waals surface area contributed by atoms with Crippen molar-refractivity contribution >= 4 is 23.4 Å². The molecule has 4 rings (SSSR count). The number of amides is 3. The zero-order chi connectivity index (χ0) is 23.9. The molecule has 0 bridgehead atoms. The van der Waals surface area contributed by atoms with E-state index in [2.05, 4.69) is 5.32 Å². The van der Waals surface area contributed by atoms with E-state index >= 15 is 0 Å². The minimum atomic E-state index is -0.409. The van der Waals surface area contributed by atoms with Gasteiger partial charge in [-0.15, -0.1) is 0 Å². The normalized spacial score (nSPS) is 18.0. The van der Waals surface area contributed by atoms with E-state index in [1.807, 2.05) is 24.3 Å². The molecule has 9 heteroatoms. The van der Waals surface area contributed by atoms with Crippen LogP contribution in [0, 0.1) is 5.92 Å². The topological polar surface area (TPSA) is 97.4 Å². The van der Waals surface area contributed by atoms with Gasteiger partial charge in [-0.25, -0.2) is 0 Å². The van der Waals surface area contributed by atoms with Crippen LogP contribution in [0.25, 0.3) is 0 Å². The van der Waals surface area contributed by atoms with Gasteiger partial charge in [0.15, 0.2) is 6.61 Å². The highest BCUT2D eigenvalue weighted by Crippen LogP contribution is 2.27. The van der Waals surface area contributed by atoms with Crippen molar-refractivity contribution in [1.29, 1.82) is 0 Å². The molecule has 2 fully saturated rings. The van der Waals surface area contributed by atoms with Crippen molar-refractivity contribution < 1.29 is 28.6 Å². The van der Waals surface area contributed by atoms with Crippen molar-refractivity contribution in [3.63, 3.8) is 0 Å². The number of hydrogen-bond acceptors (Lipinski definition) is 6. The first-order chi connectivity index (χ1) is 16.5. The molecule has 34 heavy (non-hydrogen) atoms. The number of rotatable bonds is 8. The summed E-state index contributed by atoms with van der Waals surface area (Å²) in [5.74, 6) is 0.574. The molecule has 0 aromatic heterocycles. The van der Waals surface area contributed by atoms with E-state index in [-0.39, 0.29) is 30.7 Å². The molecule has 0 radical (unpaired) electrons. The van der Waals surface area contributed by atoms with E-state index < -0.39 is 5.92 Å². The molecule has 9 nitrogen and oxygen atoms in total. The lowest BCUT2D eigenvalue weighted by Gasteiger charge is -2.26. The summed E-state index contributed by atoms with van der Waals surface area (Å²) in [6, 6.07) is 14.5. The quantitative estimate of drug-likeness (QED) is 0.634. The summed E-state index contributed by atoms with van der Waals surface area (Å²) < 4.78 is 16.0. The van der Waals surface area contributed by atoms with Crippen LogP contribution in [0.5, 0.6) is 11.5 Å². The monoisotopic (exact) mass is 467 g/mol. The fraction of sp³-hybridized carbons (Fsp3) is 0.400. The maximum atomic E-state index is 12.6. The number of methoxy groups -OCH3 is 1. The average molecular weight is 468 g/mol. The first-order valence-corrected chi connectivity index (χ1v) is 11.3. The minimum absolute atomic E-state index is 0.0432. The van der Waals surface area contributed by atoms with Crippen molar-refractivity contribution in [2.75, 3.05) is 51.5 Å². The van der Waals surface area contributed by atoms with Crippen LogP contribution >= 0.6 is 0 Å². The summed E-state index contributed by atoms with van der Waals surface area (Å²) in [4.78, 5) is 40.7. The number of anilines is 1. The van der Waals surface area contributed by atoms with Gasteiger partial charge in [0.1, 0.15) is 11.5 Å². The van der Waals surface area contributed by atoms with Gasteiger partial charge >= 0.3 is 0 Å². The summed E-state index contributed by atoms with van der Waals surface area (Å²) in [6.45, 7) is 2.92. The molecule has 0 unspecified atom stereocenters. The van der Waals surface area contributed by atoms with Gasteiger partial charge in [0, 0.05) is 38.3 Å². The summed E-state index contributed by atoms with van der Waals surface area (Å²) in [5.41, 5.74) is 1.65. The van der Waals surface area contributed by atoms with Gasteiger partial charge in [-0.1, -0.05) is 12.1 Å². The van der Waals surface area contributed by atoms with Crippen LogP contribution in [0.1, 0.15) is 12.0 Å². The zero-order valence-electron chi connectivity index (χ0n) is 19.2. The fourth-order valence-corrected chi connectivity index (χ4v) is 3.98. The molecule has 2 saturated heterocycles. The highest BCUT2D eigenvalue weighted by atomic mass is 16.5. The predicted molar refractivity (Wildman–Crippen MR) is 125 cm³/mol. The highest BCUT2D eigenvalue weighted by molar-refractivity contribution is 6.00. The SMILES string of the molecule is COc1ccc(CNC(=O)[C@H]2CC(=O)N(c3ccc(OCC(=O)N4CCOCC4)cc3)C2)cc1. The van der Waals surface area contributed by atoms with Gasteiger partial charge < -0.3 is 29.3 Å². The van der Waals surface area contributed by atoms with Crippen LogP contribution in [0.3, 0.4) is 0 Å². The molecule has 2 heterocycles. The number of carbonyl (C=O) groups is 3. The Balaban J connectivity index is 1.26. The van der Waals surface area contributed by atoms with Crippen molar-refractivity contribution in [3.8, 4) is 11.5 Å². The lowest BCUT2D eigenvalue weighted by atomic mass is 10.1. The first kappa shape index (κ1) is 23.6. The molecule has 0 saturated carbocycles. The standard InChI is InChI=1S/C25H29N3O6/c1-32-21-6-2-18(3-7-21)15-26-25(31)19-14-23(29)28(16-19)20-4-8-22(9-5-20)34-17-24(30)27-10-12-33-13-11-27/h2-9,19H,10-17H2,1H3,(H,26,31)/t19-/m0/s1. The molecule has 180 valence electrons. The van der Waals surface area contributed by atoms with Gasteiger partial charge in [0.25, 0.3) is 5.91 Å². The van der Waals surface area contributed by atoms with Crippen molar-refractivity contribution in [3.05, 3.63) is 54.1 Å². The molecule has 1 atom stereocenters. The van der Waals surface area contributed by atoms with E-state index in [1.165, 1.54) is 0 Å². The Morgan fingerprint density at radius 1 is 1.03 bits per heavy atom. The molecule has 2 aromatic rings. The van der Waals surface area contributed by atoms with Gasteiger partial charge in [-0.2, -0.15) is 0 Å². The number of benzene rings is 2. The van der Waals surface area contributed by atoms with Gasteiger partial charge in [0.2, 0.25) is 11.8 Å². The smallest absolute Gasteiger partial charge is 0.260 e. The van der Waals surface area contributed by atoms with Crippen LogP contribution in [0.2, 0.25) is 0 Å². The third-order valence-corrected chi connectivity index (χ3v) is 6.00.